The molecule has 1 aromatic rings. The Morgan fingerprint density at radius 2 is 1.75 bits per heavy atom. The molecule has 0 aliphatic rings. The monoisotopic (exact) mass is 280 g/mol. The SMILES string of the molecule is COc1ccc(CCN(C)CCCCCN)cc1OC. The first-order chi connectivity index (χ1) is 9.71. The molecule has 2 N–H and O–H groups in total. The third kappa shape index (κ3) is 5.80. The van der Waals surface area contributed by atoms with E-state index in [-0.39, 0.29) is 0 Å². The van der Waals surface area contributed by atoms with Crippen LogP contribution in [0.2, 0.25) is 0 Å². The first kappa shape index (κ1) is 16.8. The minimum Gasteiger partial charge on any atom is -0.493 e. The van der Waals surface area contributed by atoms with Crippen molar-refractivity contribution in [3.8, 4) is 11.5 Å². The molecule has 0 aromatic heterocycles. The quantitative estimate of drug-likeness (QED) is 0.668. The summed E-state index contributed by atoms with van der Waals surface area (Å²) in [6, 6.07) is 6.13. The predicted molar refractivity (Wildman–Crippen MR) is 83.7 cm³/mol. The van der Waals surface area contributed by atoms with E-state index < -0.39 is 0 Å². The molecule has 0 atom stereocenters. The van der Waals surface area contributed by atoms with Crippen LogP contribution < -0.4 is 15.2 Å². The average molecular weight is 280 g/mol. The van der Waals surface area contributed by atoms with Crippen LogP contribution in [0.3, 0.4) is 0 Å². The topological polar surface area (TPSA) is 47.7 Å². The molecule has 0 bridgehead atoms. The van der Waals surface area contributed by atoms with Crippen molar-refractivity contribution < 1.29 is 9.47 Å². The largest absolute Gasteiger partial charge is 0.493 e. The zero-order valence-electron chi connectivity index (χ0n) is 13.0. The molecule has 0 radical (unpaired) electrons. The molecule has 0 unspecified atom stereocenters. The third-order valence-electron chi connectivity index (χ3n) is 3.47. The molecule has 0 spiro atoms. The fourth-order valence-electron chi connectivity index (χ4n) is 2.17. The number of nitrogens with zero attached hydrogens (tertiary/aromatic N) is 1. The van der Waals surface area contributed by atoms with Crippen LogP contribution >= 0.6 is 0 Å². The molecule has 114 valence electrons. The van der Waals surface area contributed by atoms with Gasteiger partial charge in [-0.05, 0) is 57.1 Å². The summed E-state index contributed by atoms with van der Waals surface area (Å²) in [5.74, 6) is 1.59. The van der Waals surface area contributed by atoms with Crippen LogP contribution in [0.5, 0.6) is 11.5 Å². The summed E-state index contributed by atoms with van der Waals surface area (Å²) >= 11 is 0. The van der Waals surface area contributed by atoms with E-state index in [1.54, 1.807) is 14.2 Å². The standard InChI is InChI=1S/C16H28N2O2/c1-18(11-6-4-5-10-17)12-9-14-7-8-15(19-2)16(13-14)20-3/h7-8,13H,4-6,9-12,17H2,1-3H3. The third-order valence-corrected chi connectivity index (χ3v) is 3.47. The maximum absolute atomic E-state index is 5.50. The zero-order chi connectivity index (χ0) is 14.8. The van der Waals surface area contributed by atoms with Crippen molar-refractivity contribution in [2.45, 2.75) is 25.7 Å². The Balaban J connectivity index is 2.37. The molecular weight excluding hydrogens is 252 g/mol. The molecule has 0 heterocycles. The number of hydrogen-bond acceptors (Lipinski definition) is 4. The van der Waals surface area contributed by atoms with Gasteiger partial charge in [0, 0.05) is 6.54 Å². The molecule has 20 heavy (non-hydrogen) atoms. The lowest BCUT2D eigenvalue weighted by atomic mass is 10.1. The summed E-state index contributed by atoms with van der Waals surface area (Å²) in [6.07, 6.45) is 4.59. The van der Waals surface area contributed by atoms with Crippen molar-refractivity contribution in [3.05, 3.63) is 23.8 Å². The first-order valence-corrected chi connectivity index (χ1v) is 7.30. The summed E-state index contributed by atoms with van der Waals surface area (Å²) in [4.78, 5) is 2.37. The van der Waals surface area contributed by atoms with Crippen molar-refractivity contribution in [1.29, 1.82) is 0 Å². The van der Waals surface area contributed by atoms with Gasteiger partial charge in [0.05, 0.1) is 14.2 Å². The van der Waals surface area contributed by atoms with Gasteiger partial charge in [-0.2, -0.15) is 0 Å². The number of likely N-dealkylation sites (N-methyl/N-ethyl adjacent to an activating group) is 1. The van der Waals surface area contributed by atoms with Gasteiger partial charge in [-0.25, -0.2) is 0 Å². The highest BCUT2D eigenvalue weighted by Crippen LogP contribution is 2.27. The average Bonchev–Trinajstić information content (AvgIpc) is 2.49. The number of benzene rings is 1. The number of hydrogen-bond donors (Lipinski definition) is 1. The minimum atomic E-state index is 0.784. The van der Waals surface area contributed by atoms with E-state index in [1.807, 2.05) is 6.07 Å². The number of methoxy groups -OCH3 is 2. The van der Waals surface area contributed by atoms with E-state index in [9.17, 15) is 0 Å². The van der Waals surface area contributed by atoms with Crippen LogP contribution in [0.25, 0.3) is 0 Å². The summed E-state index contributed by atoms with van der Waals surface area (Å²) in [7, 11) is 5.50. The Morgan fingerprint density at radius 1 is 1.00 bits per heavy atom. The lowest BCUT2D eigenvalue weighted by molar-refractivity contribution is 0.328. The van der Waals surface area contributed by atoms with Gasteiger partial charge in [-0.1, -0.05) is 12.5 Å². The van der Waals surface area contributed by atoms with Crippen molar-refractivity contribution in [2.75, 3.05) is 40.9 Å². The highest BCUT2D eigenvalue weighted by Gasteiger charge is 2.05. The Bertz CT molecular complexity index is 383. The molecule has 0 saturated carbocycles. The Hall–Kier alpha value is -1.26. The van der Waals surface area contributed by atoms with Crippen LogP contribution in [0.15, 0.2) is 18.2 Å². The van der Waals surface area contributed by atoms with Crippen LogP contribution in [0.1, 0.15) is 24.8 Å². The predicted octanol–water partition coefficient (Wildman–Crippen LogP) is 2.31. The van der Waals surface area contributed by atoms with Gasteiger partial charge in [-0.3, -0.25) is 0 Å². The van der Waals surface area contributed by atoms with E-state index in [2.05, 4.69) is 24.1 Å². The van der Waals surface area contributed by atoms with E-state index in [0.717, 1.165) is 44.0 Å². The number of ether oxygens (including phenoxy) is 2. The molecule has 1 aromatic carbocycles. The summed E-state index contributed by atoms with van der Waals surface area (Å²) in [6.45, 7) is 2.99. The Morgan fingerprint density at radius 3 is 2.40 bits per heavy atom. The van der Waals surface area contributed by atoms with E-state index in [1.165, 1.54) is 18.4 Å². The van der Waals surface area contributed by atoms with Crippen LogP contribution in [0, 0.1) is 0 Å². The van der Waals surface area contributed by atoms with E-state index in [4.69, 9.17) is 15.2 Å². The Kier molecular flexibility index (Phi) is 8.07. The second-order valence-electron chi connectivity index (χ2n) is 5.09. The van der Waals surface area contributed by atoms with Gasteiger partial charge in [-0.15, -0.1) is 0 Å². The van der Waals surface area contributed by atoms with Gasteiger partial charge >= 0.3 is 0 Å². The molecule has 4 nitrogen and oxygen atoms in total. The van der Waals surface area contributed by atoms with Crippen LogP contribution in [-0.2, 0) is 6.42 Å². The second-order valence-corrected chi connectivity index (χ2v) is 5.09. The number of nitrogens with two attached hydrogens (primary N) is 1. The molecule has 0 amide bonds. The highest BCUT2D eigenvalue weighted by molar-refractivity contribution is 5.42. The van der Waals surface area contributed by atoms with Crippen LogP contribution in [0.4, 0.5) is 0 Å². The number of unbranched alkanes of at least 4 members (excludes halogenated alkanes) is 2. The lowest BCUT2D eigenvalue weighted by Gasteiger charge is -2.17. The van der Waals surface area contributed by atoms with Gasteiger partial charge in [0.15, 0.2) is 11.5 Å². The van der Waals surface area contributed by atoms with Gasteiger partial charge < -0.3 is 20.1 Å². The maximum atomic E-state index is 5.50. The fourth-order valence-corrected chi connectivity index (χ4v) is 2.17. The number of rotatable bonds is 10. The smallest absolute Gasteiger partial charge is 0.160 e. The lowest BCUT2D eigenvalue weighted by Crippen LogP contribution is -2.22. The Labute approximate surface area is 122 Å². The molecule has 4 heteroatoms. The van der Waals surface area contributed by atoms with E-state index in [0.29, 0.717) is 0 Å². The fraction of sp³-hybridized carbons (Fsp3) is 0.625. The van der Waals surface area contributed by atoms with Crippen LogP contribution in [-0.4, -0.2) is 45.8 Å². The molecule has 0 aliphatic heterocycles. The molecule has 0 saturated heterocycles. The highest BCUT2D eigenvalue weighted by atomic mass is 16.5. The zero-order valence-corrected chi connectivity index (χ0v) is 13.0. The van der Waals surface area contributed by atoms with Crippen molar-refractivity contribution in [2.24, 2.45) is 5.73 Å². The summed E-state index contributed by atoms with van der Waals surface area (Å²) in [5, 5.41) is 0. The normalized spacial score (nSPS) is 10.8. The molecule has 0 fully saturated rings. The van der Waals surface area contributed by atoms with Gasteiger partial charge in [0.1, 0.15) is 0 Å². The van der Waals surface area contributed by atoms with Crippen molar-refractivity contribution >= 4 is 0 Å². The van der Waals surface area contributed by atoms with Crippen molar-refractivity contribution in [3.63, 3.8) is 0 Å². The van der Waals surface area contributed by atoms with E-state index >= 15 is 0 Å². The first-order valence-electron chi connectivity index (χ1n) is 7.30. The molecule has 1 rings (SSSR count). The van der Waals surface area contributed by atoms with Gasteiger partial charge in [0.2, 0.25) is 0 Å². The van der Waals surface area contributed by atoms with Gasteiger partial charge in [0.25, 0.3) is 0 Å². The molecule has 0 aliphatic carbocycles. The van der Waals surface area contributed by atoms with Crippen molar-refractivity contribution in [1.82, 2.24) is 4.90 Å². The molecular formula is C16H28N2O2. The second kappa shape index (κ2) is 9.61. The summed E-state index contributed by atoms with van der Waals surface area (Å²) in [5.41, 5.74) is 6.77. The minimum absolute atomic E-state index is 0.784. The summed E-state index contributed by atoms with van der Waals surface area (Å²) < 4.78 is 10.6. The maximum Gasteiger partial charge on any atom is 0.160 e.